The molecule has 0 atom stereocenters. The van der Waals surface area contributed by atoms with E-state index in [9.17, 15) is 4.79 Å². The summed E-state index contributed by atoms with van der Waals surface area (Å²) in [6, 6.07) is 0. The molecule has 0 spiro atoms. The highest BCUT2D eigenvalue weighted by molar-refractivity contribution is 7.09. The molecule has 5 nitrogen and oxygen atoms in total. The maximum absolute atomic E-state index is 12.4. The van der Waals surface area contributed by atoms with Crippen molar-refractivity contribution >= 4 is 11.3 Å². The van der Waals surface area contributed by atoms with Crippen LogP contribution in [-0.2, 0) is 24.9 Å². The summed E-state index contributed by atoms with van der Waals surface area (Å²) in [4.78, 5) is 26.8. The number of nitrogens with one attached hydrogen (secondary N) is 1. The van der Waals surface area contributed by atoms with Crippen molar-refractivity contribution in [3.8, 4) is 0 Å². The molecule has 0 unspecified atom stereocenters. The molecule has 0 bridgehead atoms. The molecule has 3 heterocycles. The third kappa shape index (κ3) is 3.13. The zero-order chi connectivity index (χ0) is 15.9. The second-order valence-corrected chi connectivity index (χ2v) is 7.88. The Kier molecular flexibility index (Phi) is 3.91. The van der Waals surface area contributed by atoms with Gasteiger partial charge < -0.3 is 4.98 Å². The topological polar surface area (TPSA) is 61.9 Å². The van der Waals surface area contributed by atoms with Gasteiger partial charge in [-0.15, -0.1) is 11.3 Å². The van der Waals surface area contributed by atoms with Gasteiger partial charge in [0.05, 0.1) is 17.8 Å². The van der Waals surface area contributed by atoms with Gasteiger partial charge in [0.25, 0.3) is 5.56 Å². The first-order valence-electron chi connectivity index (χ1n) is 7.59. The Morgan fingerprint density at radius 2 is 2.14 bits per heavy atom. The first kappa shape index (κ1) is 15.4. The predicted molar refractivity (Wildman–Crippen MR) is 88.2 cm³/mol. The van der Waals surface area contributed by atoms with Crippen molar-refractivity contribution < 1.29 is 0 Å². The summed E-state index contributed by atoms with van der Waals surface area (Å²) in [5.74, 6) is 0.778. The Morgan fingerprint density at radius 1 is 1.36 bits per heavy atom. The van der Waals surface area contributed by atoms with E-state index in [4.69, 9.17) is 4.98 Å². The van der Waals surface area contributed by atoms with E-state index in [2.05, 4.69) is 41.0 Å². The van der Waals surface area contributed by atoms with E-state index in [-0.39, 0.29) is 11.0 Å². The van der Waals surface area contributed by atoms with Crippen molar-refractivity contribution in [1.29, 1.82) is 0 Å². The number of rotatable bonds is 2. The lowest BCUT2D eigenvalue weighted by molar-refractivity contribution is 0.240. The Hall–Kier alpha value is -1.53. The molecule has 2 aromatic heterocycles. The van der Waals surface area contributed by atoms with Gasteiger partial charge in [-0.1, -0.05) is 20.8 Å². The number of hydrogen-bond donors (Lipinski definition) is 1. The first-order chi connectivity index (χ1) is 10.3. The molecular formula is C16H22N4OS. The van der Waals surface area contributed by atoms with Crippen LogP contribution < -0.4 is 5.56 Å². The molecule has 22 heavy (non-hydrogen) atoms. The van der Waals surface area contributed by atoms with Gasteiger partial charge in [-0.3, -0.25) is 9.69 Å². The van der Waals surface area contributed by atoms with Gasteiger partial charge in [-0.2, -0.15) is 0 Å². The average molecular weight is 318 g/mol. The van der Waals surface area contributed by atoms with Crippen LogP contribution in [0.15, 0.2) is 10.2 Å². The maximum atomic E-state index is 12.4. The average Bonchev–Trinajstić information content (AvgIpc) is 2.83. The molecule has 2 aromatic rings. The highest BCUT2D eigenvalue weighted by Gasteiger charge is 2.25. The summed E-state index contributed by atoms with van der Waals surface area (Å²) in [6.07, 6.45) is 0.826. The third-order valence-electron chi connectivity index (χ3n) is 3.88. The first-order valence-corrected chi connectivity index (χ1v) is 8.47. The van der Waals surface area contributed by atoms with Crippen LogP contribution in [0, 0.1) is 6.92 Å². The minimum Gasteiger partial charge on any atom is -0.310 e. The van der Waals surface area contributed by atoms with Gasteiger partial charge in [0.2, 0.25) is 0 Å². The van der Waals surface area contributed by atoms with Gasteiger partial charge in [-0.25, -0.2) is 9.97 Å². The van der Waals surface area contributed by atoms with Gasteiger partial charge in [0.1, 0.15) is 10.8 Å². The molecule has 0 aliphatic carbocycles. The molecule has 0 saturated carbocycles. The van der Waals surface area contributed by atoms with Crippen molar-refractivity contribution in [2.45, 2.75) is 52.6 Å². The van der Waals surface area contributed by atoms with Crippen LogP contribution in [0.2, 0.25) is 0 Å². The van der Waals surface area contributed by atoms with Crippen LogP contribution in [0.25, 0.3) is 0 Å². The minimum absolute atomic E-state index is 0.00921. The summed E-state index contributed by atoms with van der Waals surface area (Å²) < 4.78 is 0. The van der Waals surface area contributed by atoms with Crippen LogP contribution in [0.1, 0.15) is 48.6 Å². The van der Waals surface area contributed by atoms with E-state index in [1.54, 1.807) is 11.3 Å². The van der Waals surface area contributed by atoms with Crippen molar-refractivity contribution in [3.63, 3.8) is 0 Å². The lowest BCUT2D eigenvalue weighted by Gasteiger charge is -2.28. The number of hydrogen-bond acceptors (Lipinski definition) is 5. The number of nitrogens with zero attached hydrogens (tertiary/aromatic N) is 3. The van der Waals surface area contributed by atoms with E-state index in [1.165, 1.54) is 0 Å². The molecule has 0 aromatic carbocycles. The molecule has 0 amide bonds. The van der Waals surface area contributed by atoms with Gasteiger partial charge in [0, 0.05) is 36.0 Å². The monoisotopic (exact) mass is 318 g/mol. The van der Waals surface area contributed by atoms with Gasteiger partial charge in [0.15, 0.2) is 0 Å². The van der Waals surface area contributed by atoms with E-state index >= 15 is 0 Å². The zero-order valence-electron chi connectivity index (χ0n) is 13.6. The SMILES string of the molecule is Cc1csc(CN2CCc3nc(C(C)(C)C)[nH]c(=O)c3C2)n1. The van der Waals surface area contributed by atoms with Crippen LogP contribution in [0.3, 0.4) is 0 Å². The molecule has 1 N–H and O–H groups in total. The Bertz CT molecular complexity index is 741. The Labute approximate surface area is 134 Å². The Morgan fingerprint density at radius 3 is 2.77 bits per heavy atom. The molecule has 118 valence electrons. The fourth-order valence-corrected chi connectivity index (χ4v) is 3.45. The highest BCUT2D eigenvalue weighted by Crippen LogP contribution is 2.21. The van der Waals surface area contributed by atoms with Gasteiger partial charge in [-0.05, 0) is 6.92 Å². The maximum Gasteiger partial charge on any atom is 0.255 e. The lowest BCUT2D eigenvalue weighted by Crippen LogP contribution is -2.37. The van der Waals surface area contributed by atoms with Crippen molar-refractivity contribution in [3.05, 3.63) is 43.5 Å². The number of aromatic nitrogens is 3. The van der Waals surface area contributed by atoms with E-state index in [0.717, 1.165) is 47.3 Å². The fourth-order valence-electron chi connectivity index (χ4n) is 2.64. The van der Waals surface area contributed by atoms with E-state index < -0.39 is 0 Å². The van der Waals surface area contributed by atoms with Crippen LogP contribution in [0.4, 0.5) is 0 Å². The summed E-state index contributed by atoms with van der Waals surface area (Å²) in [6.45, 7) is 10.6. The second kappa shape index (κ2) is 5.59. The molecule has 6 heteroatoms. The normalized spacial score (nSPS) is 15.8. The van der Waals surface area contributed by atoms with Crippen LogP contribution >= 0.6 is 11.3 Å². The second-order valence-electron chi connectivity index (χ2n) is 6.93. The number of thiazole rings is 1. The summed E-state index contributed by atoms with van der Waals surface area (Å²) in [5.41, 5.74) is 2.71. The van der Waals surface area contributed by atoms with Crippen molar-refractivity contribution in [2.24, 2.45) is 0 Å². The Balaban J connectivity index is 1.83. The van der Waals surface area contributed by atoms with Crippen molar-refractivity contribution in [1.82, 2.24) is 19.9 Å². The third-order valence-corrected chi connectivity index (χ3v) is 4.83. The molecule has 0 saturated heterocycles. The number of aromatic amines is 1. The molecule has 3 rings (SSSR count). The van der Waals surface area contributed by atoms with Crippen molar-refractivity contribution in [2.75, 3.05) is 6.54 Å². The summed E-state index contributed by atoms with van der Waals surface area (Å²) >= 11 is 1.68. The quantitative estimate of drug-likeness (QED) is 0.923. The minimum atomic E-state index is -0.135. The van der Waals surface area contributed by atoms with E-state index in [0.29, 0.717) is 6.54 Å². The van der Waals surface area contributed by atoms with Crippen LogP contribution in [-0.4, -0.2) is 26.4 Å². The van der Waals surface area contributed by atoms with E-state index in [1.807, 2.05) is 6.92 Å². The highest BCUT2D eigenvalue weighted by atomic mass is 32.1. The summed E-state index contributed by atoms with van der Waals surface area (Å²) in [7, 11) is 0. The lowest BCUT2D eigenvalue weighted by atomic mass is 9.95. The largest absolute Gasteiger partial charge is 0.310 e. The number of fused-ring (bicyclic) bond motifs is 1. The predicted octanol–water partition coefficient (Wildman–Crippen LogP) is 2.39. The molecule has 1 aliphatic heterocycles. The molecule has 1 aliphatic rings. The summed E-state index contributed by atoms with van der Waals surface area (Å²) in [5, 5.41) is 3.17. The molecule has 0 fully saturated rings. The molecule has 0 radical (unpaired) electrons. The fraction of sp³-hybridized carbons (Fsp3) is 0.562. The number of H-pyrrole nitrogens is 1. The standard InChI is InChI=1S/C16H22N4OS/c1-10-9-22-13(17-10)8-20-6-5-12-11(7-20)14(21)19-15(18-12)16(2,3)4/h9H,5-8H2,1-4H3,(H,18,19,21). The number of aryl methyl sites for hydroxylation is 1. The van der Waals surface area contributed by atoms with Crippen LogP contribution in [0.5, 0.6) is 0 Å². The zero-order valence-corrected chi connectivity index (χ0v) is 14.4. The molecular weight excluding hydrogens is 296 g/mol. The smallest absolute Gasteiger partial charge is 0.255 e. The van der Waals surface area contributed by atoms with Gasteiger partial charge >= 0.3 is 0 Å².